The lowest BCUT2D eigenvalue weighted by atomic mass is 10.2. The maximum Gasteiger partial charge on any atom is 0.0741 e. The van der Waals surface area contributed by atoms with Gasteiger partial charge in [0.2, 0.25) is 0 Å². The molecule has 0 aliphatic carbocycles. The summed E-state index contributed by atoms with van der Waals surface area (Å²) >= 11 is 6.14. The number of ether oxygens (including phenoxy) is 1. The van der Waals surface area contributed by atoms with Crippen molar-refractivity contribution in [2.24, 2.45) is 0 Å². The zero-order valence-electron chi connectivity index (χ0n) is 8.88. The molecule has 0 aliphatic heterocycles. The first-order valence-corrected chi connectivity index (χ1v) is 5.42. The molecule has 0 radical (unpaired) electrons. The fourth-order valence-electron chi connectivity index (χ4n) is 1.58. The second kappa shape index (κ2) is 4.25. The van der Waals surface area contributed by atoms with E-state index in [1.54, 1.807) is 0 Å². The van der Waals surface area contributed by atoms with E-state index in [4.69, 9.17) is 16.3 Å². The maximum absolute atomic E-state index is 6.14. The number of H-pyrrole nitrogens is 1. The summed E-state index contributed by atoms with van der Waals surface area (Å²) in [6, 6.07) is 5.85. The highest BCUT2D eigenvalue weighted by molar-refractivity contribution is 6.35. The third-order valence-corrected chi connectivity index (χ3v) is 2.62. The van der Waals surface area contributed by atoms with Gasteiger partial charge >= 0.3 is 0 Å². The van der Waals surface area contributed by atoms with E-state index in [0.29, 0.717) is 6.61 Å². The number of benzene rings is 1. The van der Waals surface area contributed by atoms with Crippen LogP contribution >= 0.6 is 11.6 Å². The number of rotatable bonds is 3. The van der Waals surface area contributed by atoms with Crippen LogP contribution in [-0.4, -0.2) is 11.1 Å². The Morgan fingerprint density at radius 3 is 2.93 bits per heavy atom. The molecule has 2 aromatic rings. The van der Waals surface area contributed by atoms with Gasteiger partial charge in [-0.3, -0.25) is 0 Å². The van der Waals surface area contributed by atoms with Gasteiger partial charge < -0.3 is 9.72 Å². The van der Waals surface area contributed by atoms with Crippen molar-refractivity contribution in [3.8, 4) is 0 Å². The van der Waals surface area contributed by atoms with Crippen molar-refractivity contribution in [1.29, 1.82) is 0 Å². The minimum atomic E-state index is 0.234. The molecule has 1 aromatic heterocycles. The van der Waals surface area contributed by atoms with Crippen LogP contribution in [0.4, 0.5) is 0 Å². The molecule has 1 aromatic carbocycles. The van der Waals surface area contributed by atoms with E-state index in [0.717, 1.165) is 21.5 Å². The number of fused-ring (bicyclic) bond motifs is 1. The Labute approximate surface area is 94.2 Å². The second-order valence-corrected chi connectivity index (χ2v) is 4.24. The SMILES string of the molecule is CC(C)OCc1c[nH]c2cccc(Cl)c12. The molecule has 0 bridgehead atoms. The minimum absolute atomic E-state index is 0.234. The van der Waals surface area contributed by atoms with Crippen molar-refractivity contribution in [3.63, 3.8) is 0 Å². The smallest absolute Gasteiger partial charge is 0.0741 e. The quantitative estimate of drug-likeness (QED) is 0.843. The lowest BCUT2D eigenvalue weighted by molar-refractivity contribution is 0.0664. The standard InChI is InChI=1S/C12H14ClNO/c1-8(2)15-7-9-6-14-11-5-3-4-10(13)12(9)11/h3-6,8,14H,7H2,1-2H3. The van der Waals surface area contributed by atoms with Crippen molar-refractivity contribution in [2.45, 2.75) is 26.6 Å². The highest BCUT2D eigenvalue weighted by Gasteiger charge is 2.07. The number of hydrogen-bond donors (Lipinski definition) is 1. The Morgan fingerprint density at radius 1 is 1.40 bits per heavy atom. The van der Waals surface area contributed by atoms with Crippen molar-refractivity contribution >= 4 is 22.5 Å². The number of aromatic nitrogens is 1. The summed E-state index contributed by atoms with van der Waals surface area (Å²) in [7, 11) is 0. The zero-order chi connectivity index (χ0) is 10.8. The Morgan fingerprint density at radius 2 is 2.20 bits per heavy atom. The van der Waals surface area contributed by atoms with E-state index in [1.807, 2.05) is 38.2 Å². The van der Waals surface area contributed by atoms with Gasteiger partial charge in [-0.1, -0.05) is 17.7 Å². The van der Waals surface area contributed by atoms with E-state index >= 15 is 0 Å². The third-order valence-electron chi connectivity index (χ3n) is 2.31. The molecule has 0 spiro atoms. The second-order valence-electron chi connectivity index (χ2n) is 3.84. The monoisotopic (exact) mass is 223 g/mol. The number of aromatic amines is 1. The van der Waals surface area contributed by atoms with Crippen molar-refractivity contribution in [1.82, 2.24) is 4.98 Å². The Hall–Kier alpha value is -0.990. The average molecular weight is 224 g/mol. The first-order chi connectivity index (χ1) is 7.18. The summed E-state index contributed by atoms with van der Waals surface area (Å²) in [5, 5.41) is 1.84. The van der Waals surface area contributed by atoms with Crippen LogP contribution in [0.1, 0.15) is 19.4 Å². The molecule has 0 aliphatic rings. The molecule has 2 nitrogen and oxygen atoms in total. The topological polar surface area (TPSA) is 25.0 Å². The van der Waals surface area contributed by atoms with Gasteiger partial charge in [0.15, 0.2) is 0 Å². The highest BCUT2D eigenvalue weighted by atomic mass is 35.5. The molecule has 15 heavy (non-hydrogen) atoms. The molecule has 1 heterocycles. The van der Waals surface area contributed by atoms with E-state index in [1.165, 1.54) is 0 Å². The summed E-state index contributed by atoms with van der Waals surface area (Å²) < 4.78 is 5.57. The van der Waals surface area contributed by atoms with Crippen LogP contribution in [-0.2, 0) is 11.3 Å². The summed E-state index contributed by atoms with van der Waals surface area (Å²) in [5.74, 6) is 0. The first-order valence-electron chi connectivity index (χ1n) is 5.04. The molecular weight excluding hydrogens is 210 g/mol. The molecule has 0 unspecified atom stereocenters. The van der Waals surface area contributed by atoms with Gasteiger partial charge in [0.1, 0.15) is 0 Å². The lowest BCUT2D eigenvalue weighted by Gasteiger charge is -2.06. The third kappa shape index (κ3) is 2.16. The van der Waals surface area contributed by atoms with Crippen LogP contribution in [0.25, 0.3) is 10.9 Å². The molecule has 0 saturated heterocycles. The van der Waals surface area contributed by atoms with Crippen LogP contribution in [0.15, 0.2) is 24.4 Å². The van der Waals surface area contributed by atoms with Gasteiger partial charge in [-0.2, -0.15) is 0 Å². The Bertz CT molecular complexity index is 462. The summed E-state index contributed by atoms with van der Waals surface area (Å²) in [6.45, 7) is 4.65. The van der Waals surface area contributed by atoms with Crippen molar-refractivity contribution in [2.75, 3.05) is 0 Å². The molecule has 2 rings (SSSR count). The molecule has 0 atom stereocenters. The Kier molecular flexibility index (Phi) is 2.98. The van der Waals surface area contributed by atoms with Crippen LogP contribution < -0.4 is 0 Å². The number of halogens is 1. The highest BCUT2D eigenvalue weighted by Crippen LogP contribution is 2.27. The van der Waals surface area contributed by atoms with Crippen LogP contribution in [0.2, 0.25) is 5.02 Å². The van der Waals surface area contributed by atoms with Gasteiger partial charge in [0, 0.05) is 22.7 Å². The van der Waals surface area contributed by atoms with Crippen LogP contribution in [0.3, 0.4) is 0 Å². The number of hydrogen-bond acceptors (Lipinski definition) is 1. The summed E-state index contributed by atoms with van der Waals surface area (Å²) in [6.07, 6.45) is 2.19. The van der Waals surface area contributed by atoms with E-state index < -0.39 is 0 Å². The molecule has 80 valence electrons. The van der Waals surface area contributed by atoms with E-state index in [9.17, 15) is 0 Å². The number of nitrogens with one attached hydrogen (secondary N) is 1. The summed E-state index contributed by atoms with van der Waals surface area (Å²) in [5.41, 5.74) is 2.18. The molecule has 0 fully saturated rings. The summed E-state index contributed by atoms with van der Waals surface area (Å²) in [4.78, 5) is 3.19. The molecule has 0 saturated carbocycles. The van der Waals surface area contributed by atoms with E-state index in [-0.39, 0.29) is 6.10 Å². The van der Waals surface area contributed by atoms with Gasteiger partial charge in [0.05, 0.1) is 17.7 Å². The predicted molar refractivity (Wildman–Crippen MR) is 63.2 cm³/mol. The van der Waals surface area contributed by atoms with Gasteiger partial charge in [-0.15, -0.1) is 0 Å². The van der Waals surface area contributed by atoms with Gasteiger partial charge in [-0.05, 0) is 26.0 Å². The minimum Gasteiger partial charge on any atom is -0.374 e. The normalized spacial score (nSPS) is 11.5. The van der Waals surface area contributed by atoms with E-state index in [2.05, 4.69) is 4.98 Å². The van der Waals surface area contributed by atoms with Crippen LogP contribution in [0, 0.1) is 0 Å². The van der Waals surface area contributed by atoms with Gasteiger partial charge in [-0.25, -0.2) is 0 Å². The van der Waals surface area contributed by atoms with Gasteiger partial charge in [0.25, 0.3) is 0 Å². The molecule has 0 amide bonds. The first kappa shape index (κ1) is 10.5. The van der Waals surface area contributed by atoms with Crippen molar-refractivity contribution in [3.05, 3.63) is 35.0 Å². The Balaban J connectivity index is 2.35. The lowest BCUT2D eigenvalue weighted by Crippen LogP contribution is -2.01. The predicted octanol–water partition coefficient (Wildman–Crippen LogP) is 3.75. The fourth-order valence-corrected chi connectivity index (χ4v) is 1.87. The fraction of sp³-hybridized carbons (Fsp3) is 0.333. The largest absolute Gasteiger partial charge is 0.374 e. The zero-order valence-corrected chi connectivity index (χ0v) is 9.64. The molecular formula is C12H14ClNO. The van der Waals surface area contributed by atoms with Crippen molar-refractivity contribution < 1.29 is 4.74 Å². The molecule has 1 N–H and O–H groups in total. The molecule has 3 heteroatoms. The average Bonchev–Trinajstić information content (AvgIpc) is 2.59. The van der Waals surface area contributed by atoms with Crippen LogP contribution in [0.5, 0.6) is 0 Å². The maximum atomic E-state index is 6.14.